The molecule has 0 bridgehead atoms. The van der Waals surface area contributed by atoms with Gasteiger partial charge in [-0.15, -0.1) is 0 Å². The topological polar surface area (TPSA) is 181 Å². The van der Waals surface area contributed by atoms with Gasteiger partial charge < -0.3 is 52.5 Å². The second-order valence-corrected chi connectivity index (χ2v) is 10.1. The SMILES string of the molecule is CO[C@H]1O[C@@H]2CO[C@@H](c3ccccc3)O[C@H]2[C@H](O)[C@H]1O[C@H]1O[C@H](COC(C)=O)[C@H](OC(C)=O)[C@H](OC(C)=O)[C@H]1OC(C)=O. The van der Waals surface area contributed by atoms with E-state index in [0.29, 0.717) is 0 Å². The Hall–Kier alpha value is -3.18. The fraction of sp³-hybridized carbons (Fsp3) is 0.643. The quantitative estimate of drug-likeness (QED) is 0.297. The second kappa shape index (κ2) is 14.5. The first-order valence-corrected chi connectivity index (χ1v) is 13.6. The minimum atomic E-state index is -1.57. The Morgan fingerprint density at radius 1 is 0.791 bits per heavy atom. The molecule has 0 saturated carbocycles. The average molecular weight is 613 g/mol. The van der Waals surface area contributed by atoms with E-state index in [4.69, 9.17) is 47.4 Å². The van der Waals surface area contributed by atoms with Gasteiger partial charge in [0.2, 0.25) is 0 Å². The van der Waals surface area contributed by atoms with Gasteiger partial charge in [-0.25, -0.2) is 0 Å². The molecule has 3 saturated heterocycles. The molecule has 0 aromatic heterocycles. The second-order valence-electron chi connectivity index (χ2n) is 10.1. The normalized spacial score (nSPS) is 35.6. The summed E-state index contributed by atoms with van der Waals surface area (Å²) in [7, 11) is 1.33. The lowest BCUT2D eigenvalue weighted by atomic mass is 9.96. The largest absolute Gasteiger partial charge is 0.463 e. The monoisotopic (exact) mass is 612 g/mol. The van der Waals surface area contributed by atoms with Gasteiger partial charge in [-0.3, -0.25) is 19.2 Å². The van der Waals surface area contributed by atoms with Gasteiger partial charge in [0.25, 0.3) is 0 Å². The molecule has 11 atom stereocenters. The molecule has 1 aromatic rings. The number of esters is 4. The first-order valence-electron chi connectivity index (χ1n) is 13.6. The van der Waals surface area contributed by atoms with Crippen molar-refractivity contribution in [1.29, 1.82) is 0 Å². The first kappa shape index (κ1) is 32.7. The number of aliphatic hydroxyl groups excluding tert-OH is 1. The van der Waals surface area contributed by atoms with Crippen molar-refractivity contribution in [2.45, 2.75) is 95.4 Å². The Balaban J connectivity index is 1.64. The molecule has 0 aliphatic carbocycles. The predicted octanol–water partition coefficient (Wildman–Crippen LogP) is 0.301. The lowest BCUT2D eigenvalue weighted by molar-refractivity contribution is -0.391. The number of aliphatic hydroxyl groups is 1. The maximum atomic E-state index is 12.2. The van der Waals surface area contributed by atoms with Crippen molar-refractivity contribution < 1.29 is 71.7 Å². The summed E-state index contributed by atoms with van der Waals surface area (Å²) < 4.78 is 56.9. The van der Waals surface area contributed by atoms with Crippen LogP contribution in [0.2, 0.25) is 0 Å². The Morgan fingerprint density at radius 2 is 1.42 bits per heavy atom. The van der Waals surface area contributed by atoms with Crippen LogP contribution in [0.5, 0.6) is 0 Å². The standard InChI is InChI=1S/C28H36O15/c1-13(29)35-11-19-22(37-14(2)30)24(38-15(3)31)25(39-16(4)32)28(41-19)43-23-20(33)21-18(40-27(23)34-5)12-36-26(42-21)17-9-7-6-8-10-17/h6-10,18-28,33H,11-12H2,1-5H3/t18-,19-,20+,21-,22+,23-,24+,25-,26-,27+,28-/m1/s1. The Bertz CT molecular complexity index is 1130. The van der Waals surface area contributed by atoms with Crippen molar-refractivity contribution in [2.24, 2.45) is 0 Å². The van der Waals surface area contributed by atoms with Gasteiger partial charge in [0.1, 0.15) is 37.1 Å². The Labute approximate surface area is 247 Å². The van der Waals surface area contributed by atoms with E-state index >= 15 is 0 Å². The number of carbonyl (C=O) groups is 4. The molecular formula is C28H36O15. The lowest BCUT2D eigenvalue weighted by Crippen LogP contribution is -2.67. The van der Waals surface area contributed by atoms with Gasteiger partial charge in [0, 0.05) is 40.4 Å². The molecule has 0 amide bonds. The third-order valence-corrected chi connectivity index (χ3v) is 6.85. The molecule has 3 fully saturated rings. The van der Waals surface area contributed by atoms with E-state index in [-0.39, 0.29) is 6.61 Å². The van der Waals surface area contributed by atoms with Crippen LogP contribution in [0.4, 0.5) is 0 Å². The molecule has 0 unspecified atom stereocenters. The minimum absolute atomic E-state index is 0.0763. The highest BCUT2D eigenvalue weighted by atomic mass is 16.8. The number of hydrogen-bond acceptors (Lipinski definition) is 15. The van der Waals surface area contributed by atoms with E-state index in [1.165, 1.54) is 7.11 Å². The highest BCUT2D eigenvalue weighted by molar-refractivity contribution is 5.68. The summed E-state index contributed by atoms with van der Waals surface area (Å²) in [6.07, 6.45) is -13.5. The number of benzene rings is 1. The number of methoxy groups -OCH3 is 1. The fourth-order valence-corrected chi connectivity index (χ4v) is 5.13. The van der Waals surface area contributed by atoms with Crippen LogP contribution >= 0.6 is 0 Å². The zero-order chi connectivity index (χ0) is 31.3. The fourth-order valence-electron chi connectivity index (χ4n) is 5.13. The van der Waals surface area contributed by atoms with E-state index in [1.54, 1.807) is 0 Å². The number of ether oxygens (including phenoxy) is 10. The van der Waals surface area contributed by atoms with Crippen LogP contribution in [0.15, 0.2) is 30.3 Å². The number of fused-ring (bicyclic) bond motifs is 1. The van der Waals surface area contributed by atoms with Gasteiger partial charge in [0.15, 0.2) is 37.2 Å². The van der Waals surface area contributed by atoms with Crippen LogP contribution in [0.25, 0.3) is 0 Å². The van der Waals surface area contributed by atoms with Crippen molar-refractivity contribution >= 4 is 23.9 Å². The lowest BCUT2D eigenvalue weighted by Gasteiger charge is -2.49. The predicted molar refractivity (Wildman–Crippen MR) is 139 cm³/mol. The van der Waals surface area contributed by atoms with Crippen LogP contribution in [-0.4, -0.2) is 111 Å². The third-order valence-electron chi connectivity index (χ3n) is 6.85. The Morgan fingerprint density at radius 3 is 2.02 bits per heavy atom. The molecule has 0 spiro atoms. The number of hydrogen-bond donors (Lipinski definition) is 1. The average Bonchev–Trinajstić information content (AvgIpc) is 2.95. The zero-order valence-electron chi connectivity index (χ0n) is 24.3. The molecule has 3 heterocycles. The van der Waals surface area contributed by atoms with Crippen LogP contribution in [-0.2, 0) is 66.5 Å². The maximum absolute atomic E-state index is 12.2. The van der Waals surface area contributed by atoms with E-state index in [9.17, 15) is 24.3 Å². The zero-order valence-corrected chi connectivity index (χ0v) is 24.3. The molecule has 15 nitrogen and oxygen atoms in total. The van der Waals surface area contributed by atoms with Gasteiger partial charge >= 0.3 is 23.9 Å². The molecule has 3 aliphatic rings. The molecule has 238 valence electrons. The summed E-state index contributed by atoms with van der Waals surface area (Å²) in [5.41, 5.74) is 0.721. The third kappa shape index (κ3) is 8.06. The molecule has 3 aliphatic heterocycles. The first-order chi connectivity index (χ1) is 20.5. The van der Waals surface area contributed by atoms with Crippen LogP contribution in [0.1, 0.15) is 39.5 Å². The summed E-state index contributed by atoms with van der Waals surface area (Å²) >= 11 is 0. The van der Waals surface area contributed by atoms with Crippen molar-refractivity contribution in [3.8, 4) is 0 Å². The molecule has 43 heavy (non-hydrogen) atoms. The number of rotatable bonds is 9. The summed E-state index contributed by atoms with van der Waals surface area (Å²) in [5, 5.41) is 11.5. The molecular weight excluding hydrogens is 576 g/mol. The van der Waals surface area contributed by atoms with Gasteiger partial charge in [-0.2, -0.15) is 0 Å². The van der Waals surface area contributed by atoms with Crippen LogP contribution < -0.4 is 0 Å². The molecule has 4 rings (SSSR count). The summed E-state index contributed by atoms with van der Waals surface area (Å²) in [4.78, 5) is 47.9. The van der Waals surface area contributed by atoms with E-state index in [0.717, 1.165) is 33.3 Å². The smallest absolute Gasteiger partial charge is 0.303 e. The van der Waals surface area contributed by atoms with Crippen LogP contribution in [0.3, 0.4) is 0 Å². The van der Waals surface area contributed by atoms with E-state index < -0.39 is 98.2 Å². The van der Waals surface area contributed by atoms with Gasteiger partial charge in [0.05, 0.1) is 6.61 Å². The Kier molecular flexibility index (Phi) is 11.1. The van der Waals surface area contributed by atoms with Crippen molar-refractivity contribution in [3.05, 3.63) is 35.9 Å². The van der Waals surface area contributed by atoms with Crippen molar-refractivity contribution in [2.75, 3.05) is 20.3 Å². The molecule has 15 heteroatoms. The highest BCUT2D eigenvalue weighted by Crippen LogP contribution is 2.37. The van der Waals surface area contributed by atoms with Crippen molar-refractivity contribution in [1.82, 2.24) is 0 Å². The summed E-state index contributed by atoms with van der Waals surface area (Å²) in [6.45, 7) is 4.12. The summed E-state index contributed by atoms with van der Waals surface area (Å²) in [5.74, 6) is -3.04. The number of carbonyl (C=O) groups excluding carboxylic acids is 4. The maximum Gasteiger partial charge on any atom is 0.303 e. The van der Waals surface area contributed by atoms with Gasteiger partial charge in [-0.1, -0.05) is 30.3 Å². The highest BCUT2D eigenvalue weighted by Gasteiger charge is 2.56. The molecule has 1 N–H and O–H groups in total. The van der Waals surface area contributed by atoms with Crippen LogP contribution in [0, 0.1) is 0 Å². The van der Waals surface area contributed by atoms with Gasteiger partial charge in [-0.05, 0) is 0 Å². The molecule has 0 radical (unpaired) electrons. The summed E-state index contributed by atoms with van der Waals surface area (Å²) in [6, 6.07) is 9.10. The minimum Gasteiger partial charge on any atom is -0.463 e. The van der Waals surface area contributed by atoms with Crippen molar-refractivity contribution in [3.63, 3.8) is 0 Å². The van der Waals surface area contributed by atoms with E-state index in [1.807, 2.05) is 30.3 Å². The van der Waals surface area contributed by atoms with E-state index in [2.05, 4.69) is 0 Å². The molecule has 1 aromatic carbocycles.